The molecule has 1 heterocycles. The molecule has 0 bridgehead atoms. The lowest BCUT2D eigenvalue weighted by molar-refractivity contribution is -0.151. The number of carbonyl (C=O) groups is 3. The Morgan fingerprint density at radius 1 is 1.18 bits per heavy atom. The average Bonchev–Trinajstić information content (AvgIpc) is 3.04. The molecular formula is C19H15BrCl2N2O4. The highest BCUT2D eigenvalue weighted by atomic mass is 79.9. The van der Waals surface area contributed by atoms with Crippen molar-refractivity contribution >= 4 is 68.3 Å². The predicted octanol–water partition coefficient (Wildman–Crippen LogP) is 4.29. The molecule has 9 heteroatoms. The summed E-state index contributed by atoms with van der Waals surface area (Å²) in [6.45, 7) is -0.268. The predicted molar refractivity (Wildman–Crippen MR) is 111 cm³/mol. The van der Waals surface area contributed by atoms with Gasteiger partial charge in [0.2, 0.25) is 5.91 Å². The van der Waals surface area contributed by atoms with Crippen molar-refractivity contribution in [1.82, 2.24) is 0 Å². The number of benzene rings is 2. The highest BCUT2D eigenvalue weighted by molar-refractivity contribution is 9.10. The van der Waals surface area contributed by atoms with Gasteiger partial charge in [0.15, 0.2) is 6.61 Å². The van der Waals surface area contributed by atoms with Crippen LogP contribution >= 0.6 is 39.1 Å². The van der Waals surface area contributed by atoms with Gasteiger partial charge in [-0.1, -0.05) is 39.1 Å². The van der Waals surface area contributed by atoms with Crippen LogP contribution < -0.4 is 10.2 Å². The third kappa shape index (κ3) is 5.04. The van der Waals surface area contributed by atoms with E-state index in [0.717, 1.165) is 4.47 Å². The van der Waals surface area contributed by atoms with Gasteiger partial charge >= 0.3 is 5.97 Å². The molecule has 0 radical (unpaired) electrons. The summed E-state index contributed by atoms with van der Waals surface area (Å²) in [6, 6.07) is 11.8. The molecule has 0 aliphatic carbocycles. The van der Waals surface area contributed by atoms with Crippen LogP contribution in [0.15, 0.2) is 46.9 Å². The molecule has 1 saturated heterocycles. The maximum absolute atomic E-state index is 12.3. The summed E-state index contributed by atoms with van der Waals surface area (Å²) in [7, 11) is 0. The van der Waals surface area contributed by atoms with Crippen LogP contribution in [0.3, 0.4) is 0 Å². The van der Waals surface area contributed by atoms with Crippen LogP contribution in [0.1, 0.15) is 6.42 Å². The summed E-state index contributed by atoms with van der Waals surface area (Å²) in [4.78, 5) is 38.0. The van der Waals surface area contributed by atoms with Gasteiger partial charge in [-0.15, -0.1) is 0 Å². The van der Waals surface area contributed by atoms with Gasteiger partial charge in [-0.3, -0.25) is 14.4 Å². The monoisotopic (exact) mass is 484 g/mol. The Morgan fingerprint density at radius 3 is 2.57 bits per heavy atom. The Balaban J connectivity index is 1.53. The molecular weight excluding hydrogens is 471 g/mol. The van der Waals surface area contributed by atoms with E-state index in [1.807, 2.05) is 0 Å². The lowest BCUT2D eigenvalue weighted by Crippen LogP contribution is -2.28. The SMILES string of the molecule is O=C(COC(=O)C1CC(=O)N(c2ccc(Cl)cc2)C1)Nc1ccc(Br)cc1Cl. The van der Waals surface area contributed by atoms with Crippen molar-refractivity contribution in [2.75, 3.05) is 23.4 Å². The van der Waals surface area contributed by atoms with E-state index in [-0.39, 0.29) is 18.9 Å². The van der Waals surface area contributed by atoms with Crippen molar-refractivity contribution in [2.24, 2.45) is 5.92 Å². The van der Waals surface area contributed by atoms with Crippen molar-refractivity contribution in [1.29, 1.82) is 0 Å². The molecule has 0 spiro atoms. The summed E-state index contributed by atoms with van der Waals surface area (Å²) in [5.74, 6) is -1.93. The molecule has 3 rings (SSSR count). The topological polar surface area (TPSA) is 75.7 Å². The first-order valence-corrected chi connectivity index (χ1v) is 9.86. The van der Waals surface area contributed by atoms with E-state index in [2.05, 4.69) is 21.2 Å². The minimum absolute atomic E-state index is 0.0294. The minimum atomic E-state index is -0.632. The van der Waals surface area contributed by atoms with E-state index in [0.29, 0.717) is 21.4 Å². The Bertz CT molecular complexity index is 921. The molecule has 28 heavy (non-hydrogen) atoms. The Kier molecular flexibility index (Phi) is 6.59. The summed E-state index contributed by atoms with van der Waals surface area (Å²) in [5.41, 5.74) is 1.07. The smallest absolute Gasteiger partial charge is 0.311 e. The fourth-order valence-electron chi connectivity index (χ4n) is 2.77. The molecule has 1 atom stereocenters. The van der Waals surface area contributed by atoms with Crippen molar-refractivity contribution < 1.29 is 19.1 Å². The van der Waals surface area contributed by atoms with Gasteiger partial charge in [-0.2, -0.15) is 0 Å². The zero-order valence-corrected chi connectivity index (χ0v) is 17.6. The van der Waals surface area contributed by atoms with Crippen LogP contribution in [0.2, 0.25) is 10.0 Å². The van der Waals surface area contributed by atoms with Crippen LogP contribution in [0.4, 0.5) is 11.4 Å². The lowest BCUT2D eigenvalue weighted by atomic mass is 10.1. The number of ether oxygens (including phenoxy) is 1. The number of rotatable bonds is 5. The largest absolute Gasteiger partial charge is 0.455 e. The summed E-state index contributed by atoms with van der Waals surface area (Å²) in [6.07, 6.45) is 0.0294. The highest BCUT2D eigenvalue weighted by Gasteiger charge is 2.36. The van der Waals surface area contributed by atoms with Gasteiger partial charge in [0, 0.05) is 28.1 Å². The van der Waals surface area contributed by atoms with Crippen molar-refractivity contribution in [3.05, 3.63) is 57.0 Å². The Labute approximate surface area is 179 Å². The summed E-state index contributed by atoms with van der Waals surface area (Å²) in [5, 5.41) is 3.49. The molecule has 1 unspecified atom stereocenters. The second-order valence-corrected chi connectivity index (χ2v) is 7.92. The molecule has 1 aliphatic heterocycles. The second-order valence-electron chi connectivity index (χ2n) is 6.16. The molecule has 146 valence electrons. The van der Waals surface area contributed by atoms with Gasteiger partial charge in [-0.05, 0) is 42.5 Å². The Morgan fingerprint density at radius 2 is 1.89 bits per heavy atom. The van der Waals surface area contributed by atoms with Gasteiger partial charge in [0.05, 0.1) is 16.6 Å². The first kappa shape index (κ1) is 20.6. The number of nitrogens with zero attached hydrogens (tertiary/aromatic N) is 1. The van der Waals surface area contributed by atoms with E-state index in [9.17, 15) is 14.4 Å². The lowest BCUT2D eigenvalue weighted by Gasteiger charge is -2.16. The first-order chi connectivity index (χ1) is 13.3. The fourth-order valence-corrected chi connectivity index (χ4v) is 3.61. The van der Waals surface area contributed by atoms with Gasteiger partial charge < -0.3 is 15.0 Å². The van der Waals surface area contributed by atoms with Gasteiger partial charge in [0.25, 0.3) is 5.91 Å². The third-order valence-corrected chi connectivity index (χ3v) is 5.21. The number of anilines is 2. The zero-order chi connectivity index (χ0) is 20.3. The normalized spacial score (nSPS) is 16.2. The van der Waals surface area contributed by atoms with E-state index in [1.54, 1.807) is 42.5 Å². The second kappa shape index (κ2) is 8.94. The fraction of sp³-hybridized carbons (Fsp3) is 0.211. The van der Waals surface area contributed by atoms with Crippen LogP contribution in [-0.2, 0) is 19.1 Å². The van der Waals surface area contributed by atoms with Crippen LogP contribution in [-0.4, -0.2) is 30.9 Å². The maximum atomic E-state index is 12.3. The molecule has 2 amide bonds. The number of nitrogens with one attached hydrogen (secondary N) is 1. The number of hydrogen-bond acceptors (Lipinski definition) is 4. The minimum Gasteiger partial charge on any atom is -0.455 e. The van der Waals surface area contributed by atoms with Crippen LogP contribution in [0.5, 0.6) is 0 Å². The number of hydrogen-bond donors (Lipinski definition) is 1. The van der Waals surface area contributed by atoms with Crippen LogP contribution in [0.25, 0.3) is 0 Å². The zero-order valence-electron chi connectivity index (χ0n) is 14.5. The number of esters is 1. The highest BCUT2D eigenvalue weighted by Crippen LogP contribution is 2.27. The molecule has 2 aromatic rings. The molecule has 0 saturated carbocycles. The van der Waals surface area contributed by atoms with E-state index >= 15 is 0 Å². The number of halogens is 3. The number of carbonyl (C=O) groups excluding carboxylic acids is 3. The first-order valence-electron chi connectivity index (χ1n) is 8.31. The molecule has 1 aliphatic rings. The van der Waals surface area contributed by atoms with E-state index < -0.39 is 24.4 Å². The standard InChI is InChI=1S/C19H15BrCl2N2O4/c20-12-1-6-16(15(22)8-12)23-17(25)10-28-19(27)11-7-18(26)24(9-11)14-4-2-13(21)3-5-14/h1-6,8,11H,7,9-10H2,(H,23,25). The van der Waals surface area contributed by atoms with E-state index in [1.165, 1.54) is 4.90 Å². The quantitative estimate of drug-likeness (QED) is 0.641. The molecule has 2 aromatic carbocycles. The van der Waals surface area contributed by atoms with Crippen molar-refractivity contribution in [2.45, 2.75) is 6.42 Å². The molecule has 6 nitrogen and oxygen atoms in total. The maximum Gasteiger partial charge on any atom is 0.311 e. The summed E-state index contributed by atoms with van der Waals surface area (Å²) < 4.78 is 5.85. The van der Waals surface area contributed by atoms with E-state index in [4.69, 9.17) is 27.9 Å². The number of amides is 2. The summed E-state index contributed by atoms with van der Waals surface area (Å²) >= 11 is 15.2. The Hall–Kier alpha value is -2.09. The molecule has 1 N–H and O–H groups in total. The third-order valence-electron chi connectivity index (χ3n) is 4.15. The van der Waals surface area contributed by atoms with Gasteiger partial charge in [0.1, 0.15) is 0 Å². The molecule has 1 fully saturated rings. The molecule has 0 aromatic heterocycles. The average molecular weight is 486 g/mol. The van der Waals surface area contributed by atoms with Crippen molar-refractivity contribution in [3.8, 4) is 0 Å². The van der Waals surface area contributed by atoms with Gasteiger partial charge in [-0.25, -0.2) is 0 Å². The van der Waals surface area contributed by atoms with Crippen molar-refractivity contribution in [3.63, 3.8) is 0 Å². The van der Waals surface area contributed by atoms with Crippen LogP contribution in [0, 0.1) is 5.92 Å².